The minimum absolute atomic E-state index is 0.205. The molecular weight excluding hydrogens is 216 g/mol. The second kappa shape index (κ2) is 9.83. The van der Waals surface area contributed by atoms with E-state index in [9.17, 15) is 9.59 Å². The third-order valence-electron chi connectivity index (χ3n) is 1.51. The summed E-state index contributed by atoms with van der Waals surface area (Å²) in [5, 5.41) is 0. The number of carbonyl (C=O) groups excluding carboxylic acids is 2. The summed E-state index contributed by atoms with van der Waals surface area (Å²) in [5.74, 6) is -0.138. The Labute approximate surface area is 94.7 Å². The first-order valence-corrected chi connectivity index (χ1v) is 6.25. The molecule has 0 aromatic heterocycles. The van der Waals surface area contributed by atoms with Crippen molar-refractivity contribution in [2.24, 2.45) is 0 Å². The number of unbranched alkanes of at least 4 members (excludes halogenated alkanes) is 1. The van der Waals surface area contributed by atoms with Gasteiger partial charge in [-0.3, -0.25) is 9.59 Å². The normalized spacial score (nSPS) is 9.73. The molecule has 0 aliphatic rings. The van der Waals surface area contributed by atoms with Gasteiger partial charge in [0.05, 0.1) is 24.7 Å². The highest BCUT2D eigenvalue weighted by Gasteiger charge is 2.06. The molecule has 0 aliphatic carbocycles. The highest BCUT2D eigenvalue weighted by atomic mass is 32.2. The van der Waals surface area contributed by atoms with Crippen molar-refractivity contribution in [2.45, 2.75) is 26.7 Å². The lowest BCUT2D eigenvalue weighted by molar-refractivity contribution is -0.140. The highest BCUT2D eigenvalue weighted by Crippen LogP contribution is 2.02. The first-order valence-electron chi connectivity index (χ1n) is 5.09. The molecule has 5 heteroatoms. The number of esters is 2. The van der Waals surface area contributed by atoms with Crippen LogP contribution < -0.4 is 0 Å². The fraction of sp³-hybridized carbons (Fsp3) is 0.800. The quantitative estimate of drug-likeness (QED) is 0.472. The lowest BCUT2D eigenvalue weighted by Crippen LogP contribution is -2.12. The summed E-state index contributed by atoms with van der Waals surface area (Å²) in [6, 6.07) is 0. The molecule has 0 rings (SSSR count). The highest BCUT2D eigenvalue weighted by molar-refractivity contribution is 8.00. The summed E-state index contributed by atoms with van der Waals surface area (Å²) in [7, 11) is 0. The summed E-state index contributed by atoms with van der Waals surface area (Å²) in [5.41, 5.74) is 0. The fourth-order valence-corrected chi connectivity index (χ4v) is 1.39. The maximum atomic E-state index is 11.1. The molecule has 0 saturated heterocycles. The molecule has 0 unspecified atom stereocenters. The van der Waals surface area contributed by atoms with Gasteiger partial charge in [0.1, 0.15) is 0 Å². The number of hydrogen-bond donors (Lipinski definition) is 0. The average Bonchev–Trinajstić information content (AvgIpc) is 2.18. The van der Waals surface area contributed by atoms with Gasteiger partial charge in [0.25, 0.3) is 0 Å². The molecule has 0 heterocycles. The van der Waals surface area contributed by atoms with Crippen LogP contribution in [-0.4, -0.2) is 36.7 Å². The van der Waals surface area contributed by atoms with Gasteiger partial charge in [-0.25, -0.2) is 0 Å². The van der Waals surface area contributed by atoms with Crippen molar-refractivity contribution in [3.05, 3.63) is 0 Å². The van der Waals surface area contributed by atoms with Crippen LogP contribution in [0.4, 0.5) is 0 Å². The molecule has 0 aliphatic heterocycles. The zero-order valence-electron chi connectivity index (χ0n) is 9.28. The Hall–Kier alpha value is -0.710. The summed E-state index contributed by atoms with van der Waals surface area (Å²) in [6.45, 7) is 4.63. The molecule has 0 fully saturated rings. The maximum absolute atomic E-state index is 11.1. The van der Waals surface area contributed by atoms with Crippen LogP contribution in [0.1, 0.15) is 26.7 Å². The van der Waals surface area contributed by atoms with E-state index in [1.54, 1.807) is 6.92 Å². The molecule has 0 aromatic carbocycles. The minimum atomic E-state index is -0.288. The van der Waals surface area contributed by atoms with Crippen molar-refractivity contribution in [3.8, 4) is 0 Å². The van der Waals surface area contributed by atoms with E-state index in [0.29, 0.717) is 13.2 Å². The van der Waals surface area contributed by atoms with Crippen LogP contribution in [0.15, 0.2) is 0 Å². The molecule has 15 heavy (non-hydrogen) atoms. The fourth-order valence-electron chi connectivity index (χ4n) is 0.792. The van der Waals surface area contributed by atoms with Crippen LogP contribution >= 0.6 is 11.8 Å². The smallest absolute Gasteiger partial charge is 0.315 e. The van der Waals surface area contributed by atoms with E-state index >= 15 is 0 Å². The lowest BCUT2D eigenvalue weighted by Gasteiger charge is -2.03. The monoisotopic (exact) mass is 234 g/mol. The number of carbonyl (C=O) groups is 2. The zero-order valence-corrected chi connectivity index (χ0v) is 10.1. The predicted molar refractivity (Wildman–Crippen MR) is 59.8 cm³/mol. The van der Waals surface area contributed by atoms with Crippen LogP contribution in [0.25, 0.3) is 0 Å². The number of thioether (sulfide) groups is 1. The van der Waals surface area contributed by atoms with E-state index < -0.39 is 0 Å². The van der Waals surface area contributed by atoms with Gasteiger partial charge < -0.3 is 9.47 Å². The van der Waals surface area contributed by atoms with Crippen LogP contribution in [0.3, 0.4) is 0 Å². The first kappa shape index (κ1) is 14.3. The second-order valence-electron chi connectivity index (χ2n) is 2.87. The van der Waals surface area contributed by atoms with Crippen molar-refractivity contribution < 1.29 is 19.1 Å². The second-order valence-corrected chi connectivity index (χ2v) is 3.86. The van der Waals surface area contributed by atoms with Crippen molar-refractivity contribution in [1.29, 1.82) is 0 Å². The first-order chi connectivity index (χ1) is 7.20. The van der Waals surface area contributed by atoms with E-state index in [2.05, 4.69) is 0 Å². The molecule has 0 amide bonds. The van der Waals surface area contributed by atoms with Crippen LogP contribution in [0.2, 0.25) is 0 Å². The Morgan fingerprint density at radius 2 is 1.67 bits per heavy atom. The van der Waals surface area contributed by atoms with E-state index in [-0.39, 0.29) is 23.4 Å². The van der Waals surface area contributed by atoms with Crippen molar-refractivity contribution in [1.82, 2.24) is 0 Å². The number of ether oxygens (including phenoxy) is 2. The van der Waals surface area contributed by atoms with Gasteiger partial charge in [0.15, 0.2) is 0 Å². The van der Waals surface area contributed by atoms with Gasteiger partial charge >= 0.3 is 11.9 Å². The molecule has 0 saturated carbocycles. The summed E-state index contributed by atoms with van der Waals surface area (Å²) in [4.78, 5) is 22.0. The molecule has 0 aromatic rings. The molecule has 4 nitrogen and oxygen atoms in total. The molecular formula is C10H18O4S. The molecule has 88 valence electrons. The number of hydrogen-bond acceptors (Lipinski definition) is 5. The summed E-state index contributed by atoms with van der Waals surface area (Å²) < 4.78 is 9.62. The van der Waals surface area contributed by atoms with Gasteiger partial charge in [-0.2, -0.15) is 0 Å². The van der Waals surface area contributed by atoms with Crippen molar-refractivity contribution in [2.75, 3.05) is 24.7 Å². The Balaban J connectivity index is 3.34. The Morgan fingerprint density at radius 1 is 1.07 bits per heavy atom. The lowest BCUT2D eigenvalue weighted by atomic mass is 10.4. The Bertz CT molecular complexity index is 194. The van der Waals surface area contributed by atoms with Crippen molar-refractivity contribution in [3.63, 3.8) is 0 Å². The van der Waals surface area contributed by atoms with Gasteiger partial charge in [0, 0.05) is 0 Å². The molecule has 0 radical (unpaired) electrons. The average molecular weight is 234 g/mol. The van der Waals surface area contributed by atoms with Crippen LogP contribution in [-0.2, 0) is 19.1 Å². The van der Waals surface area contributed by atoms with Crippen molar-refractivity contribution >= 4 is 23.7 Å². The largest absolute Gasteiger partial charge is 0.465 e. The zero-order chi connectivity index (χ0) is 11.5. The Kier molecular flexibility index (Phi) is 9.36. The van der Waals surface area contributed by atoms with Gasteiger partial charge in [-0.05, 0) is 13.3 Å². The molecule has 0 spiro atoms. The van der Waals surface area contributed by atoms with E-state index in [4.69, 9.17) is 9.47 Å². The SMILES string of the molecule is CCCCOC(=O)CSCC(=O)OCC. The Morgan fingerprint density at radius 3 is 2.20 bits per heavy atom. The molecule has 0 atom stereocenters. The third kappa shape index (κ3) is 9.59. The van der Waals surface area contributed by atoms with Gasteiger partial charge in [0.2, 0.25) is 0 Å². The predicted octanol–water partition coefficient (Wildman–Crippen LogP) is 1.63. The van der Waals surface area contributed by atoms with E-state index in [0.717, 1.165) is 12.8 Å². The van der Waals surface area contributed by atoms with Crippen LogP contribution in [0.5, 0.6) is 0 Å². The van der Waals surface area contributed by atoms with Crippen LogP contribution in [0, 0.1) is 0 Å². The van der Waals surface area contributed by atoms with Gasteiger partial charge in [-0.1, -0.05) is 13.3 Å². The molecule has 0 N–H and O–H groups in total. The summed E-state index contributed by atoms with van der Waals surface area (Å²) in [6.07, 6.45) is 1.89. The maximum Gasteiger partial charge on any atom is 0.315 e. The summed E-state index contributed by atoms with van der Waals surface area (Å²) >= 11 is 1.22. The minimum Gasteiger partial charge on any atom is -0.465 e. The topological polar surface area (TPSA) is 52.6 Å². The third-order valence-corrected chi connectivity index (χ3v) is 2.39. The number of rotatable bonds is 8. The van der Waals surface area contributed by atoms with Gasteiger partial charge in [-0.15, -0.1) is 11.8 Å². The van der Waals surface area contributed by atoms with E-state index in [1.165, 1.54) is 11.8 Å². The molecule has 0 bridgehead atoms. The van der Waals surface area contributed by atoms with E-state index in [1.807, 2.05) is 6.92 Å². The standard InChI is InChI=1S/C10H18O4S/c1-3-5-6-14-10(12)8-15-7-9(11)13-4-2/h3-8H2,1-2H3.